The van der Waals surface area contributed by atoms with Gasteiger partial charge in [-0.05, 0) is 36.4 Å². The van der Waals surface area contributed by atoms with Gasteiger partial charge in [-0.25, -0.2) is 0 Å². The summed E-state index contributed by atoms with van der Waals surface area (Å²) in [6.45, 7) is 0. The first-order valence-electron chi connectivity index (χ1n) is 6.98. The summed E-state index contributed by atoms with van der Waals surface area (Å²) in [5.74, 6) is 0.867. The molecule has 2 aromatic carbocycles. The monoisotopic (exact) mass is 291 g/mol. The van der Waals surface area contributed by atoms with Crippen LogP contribution >= 0.6 is 7.14 Å². The summed E-state index contributed by atoms with van der Waals surface area (Å²) in [5.41, 5.74) is 0.219. The van der Waals surface area contributed by atoms with Gasteiger partial charge in [-0.15, -0.1) is 0 Å². The molecule has 3 radical (unpaired) electrons. The third-order valence-electron chi connectivity index (χ3n) is 3.87. The third kappa shape index (κ3) is 2.45. The van der Waals surface area contributed by atoms with Crippen LogP contribution in [-0.4, -0.2) is 20.3 Å². The first-order chi connectivity index (χ1) is 10.3. The van der Waals surface area contributed by atoms with Gasteiger partial charge in [-0.1, -0.05) is 42.5 Å². The smallest absolute Gasteiger partial charge is 0.156 e. The van der Waals surface area contributed by atoms with E-state index in [-0.39, 0.29) is 5.66 Å². The van der Waals surface area contributed by atoms with E-state index in [1.54, 1.807) is 7.11 Å². The summed E-state index contributed by atoms with van der Waals surface area (Å²) in [5, 5.41) is 2.30. The zero-order valence-electron chi connectivity index (χ0n) is 12.0. The molecule has 0 spiro atoms. The predicted octanol–water partition coefficient (Wildman–Crippen LogP) is 3.24. The number of ether oxygens (including phenoxy) is 1. The van der Waals surface area contributed by atoms with Crippen LogP contribution in [0, 0.1) is 0 Å². The van der Waals surface area contributed by atoms with Gasteiger partial charge in [0.15, 0.2) is 5.75 Å². The molecule has 3 rings (SSSR count). The maximum absolute atomic E-state index is 7.05. The number of hydrogen-bond donors (Lipinski definition) is 0. The van der Waals surface area contributed by atoms with Crippen LogP contribution in [0.1, 0.15) is 0 Å². The number of para-hydroxylation sites is 1. The van der Waals surface area contributed by atoms with Gasteiger partial charge in [0.2, 0.25) is 0 Å². The Bertz CT molecular complexity index is 669. The molecule has 0 heterocycles. The predicted molar refractivity (Wildman–Crippen MR) is 93.4 cm³/mol. The Kier molecular flexibility index (Phi) is 3.99. The van der Waals surface area contributed by atoms with E-state index in [0.29, 0.717) is 0 Å². The van der Waals surface area contributed by atoms with Gasteiger partial charge < -0.3 is 4.74 Å². The molecule has 0 bridgehead atoms. The molecule has 0 fully saturated rings. The normalized spacial score (nSPS) is 16.9. The Hall–Kier alpha value is -1.79. The number of allylic oxidation sites excluding steroid dienone is 4. The summed E-state index contributed by atoms with van der Waals surface area (Å²) in [6.07, 6.45) is 8.52. The van der Waals surface area contributed by atoms with Crippen molar-refractivity contribution in [2.45, 2.75) is 5.66 Å². The van der Waals surface area contributed by atoms with Crippen molar-refractivity contribution in [1.29, 1.82) is 0 Å². The van der Waals surface area contributed by atoms with Crippen molar-refractivity contribution in [3.63, 3.8) is 0 Å². The molecule has 0 aromatic heterocycles. The zero-order valence-corrected chi connectivity index (χ0v) is 12.9. The highest BCUT2D eigenvalue weighted by molar-refractivity contribution is 8.09. The van der Waals surface area contributed by atoms with Gasteiger partial charge in [0.05, 0.1) is 18.1 Å². The number of hydrogen-bond acceptors (Lipinski definition) is 1. The van der Waals surface area contributed by atoms with Crippen LogP contribution in [0.5, 0.6) is 5.75 Å². The summed E-state index contributed by atoms with van der Waals surface area (Å²) in [7, 11) is 6.68. The first kappa shape index (κ1) is 14.2. The van der Waals surface area contributed by atoms with Gasteiger partial charge in [-0.3, -0.25) is 7.57 Å². The van der Waals surface area contributed by atoms with E-state index in [1.165, 1.54) is 5.30 Å². The highest BCUT2D eigenvalue weighted by Crippen LogP contribution is 2.59. The maximum atomic E-state index is 7.05. The van der Waals surface area contributed by atoms with E-state index in [0.717, 1.165) is 11.1 Å². The van der Waals surface area contributed by atoms with E-state index in [1.807, 2.05) is 24.3 Å². The molecular formula is C18H17BOP. The largest absolute Gasteiger partial charge is 0.493 e. The molecule has 21 heavy (non-hydrogen) atoms. The molecule has 1 unspecified atom stereocenters. The summed E-state index contributed by atoms with van der Waals surface area (Å²) >= 11 is 0. The Balaban J connectivity index is 2.21. The highest BCUT2D eigenvalue weighted by Gasteiger charge is 2.34. The second-order valence-electron chi connectivity index (χ2n) is 5.05. The van der Waals surface area contributed by atoms with Crippen LogP contribution in [0.15, 0.2) is 78.9 Å². The highest BCUT2D eigenvalue weighted by atomic mass is 31.2. The van der Waals surface area contributed by atoms with Crippen molar-refractivity contribution in [3.8, 4) is 5.75 Å². The fraction of sp³-hybridized carbons (Fsp3) is 0.111. The van der Waals surface area contributed by atoms with Crippen molar-refractivity contribution in [2.75, 3.05) is 7.11 Å². The van der Waals surface area contributed by atoms with Crippen LogP contribution in [0.4, 0.5) is 0 Å². The molecule has 1 aliphatic rings. The molecule has 2 aromatic rings. The fourth-order valence-electron chi connectivity index (χ4n) is 2.77. The standard InChI is InChI=1S/C18H17BOP/c1-20-17-13-7-8-14-18(17)21(19,16-11-5-6-12-16)15-9-3-2-4-10-15/h2-14,16H,1H3. The van der Waals surface area contributed by atoms with E-state index in [9.17, 15) is 0 Å². The van der Waals surface area contributed by atoms with E-state index >= 15 is 0 Å². The lowest BCUT2D eigenvalue weighted by Gasteiger charge is -2.41. The Morgan fingerprint density at radius 3 is 2.19 bits per heavy atom. The third-order valence-corrected chi connectivity index (χ3v) is 7.47. The lowest BCUT2D eigenvalue weighted by Crippen LogP contribution is -2.30. The molecule has 0 aliphatic heterocycles. The molecule has 3 heteroatoms. The molecule has 1 nitrogen and oxygen atoms in total. The second-order valence-corrected chi connectivity index (χ2v) is 8.19. The van der Waals surface area contributed by atoms with E-state index in [2.05, 4.69) is 54.6 Å². The van der Waals surface area contributed by atoms with E-state index < -0.39 is 7.14 Å². The number of benzene rings is 2. The van der Waals surface area contributed by atoms with Crippen LogP contribution in [0.2, 0.25) is 0 Å². The summed E-state index contributed by atoms with van der Waals surface area (Å²) in [6, 6.07) is 18.5. The van der Waals surface area contributed by atoms with Crippen LogP contribution in [0.25, 0.3) is 0 Å². The molecule has 0 saturated heterocycles. The fourth-order valence-corrected chi connectivity index (χ4v) is 5.99. The second kappa shape index (κ2) is 5.91. The van der Waals surface area contributed by atoms with Gasteiger partial charge in [0.1, 0.15) is 0 Å². The quantitative estimate of drug-likeness (QED) is 0.620. The van der Waals surface area contributed by atoms with E-state index in [4.69, 9.17) is 12.3 Å². The molecule has 0 N–H and O–H groups in total. The van der Waals surface area contributed by atoms with Crippen LogP contribution in [0.3, 0.4) is 0 Å². The van der Waals surface area contributed by atoms with Crippen molar-refractivity contribution >= 4 is 25.3 Å². The minimum Gasteiger partial charge on any atom is -0.493 e. The van der Waals surface area contributed by atoms with Crippen molar-refractivity contribution < 1.29 is 4.74 Å². The Morgan fingerprint density at radius 2 is 1.52 bits per heavy atom. The van der Waals surface area contributed by atoms with Gasteiger partial charge >= 0.3 is 0 Å². The van der Waals surface area contributed by atoms with Crippen LogP contribution in [-0.2, 0) is 0 Å². The molecule has 0 saturated carbocycles. The topological polar surface area (TPSA) is 9.23 Å². The van der Waals surface area contributed by atoms with Crippen LogP contribution < -0.4 is 15.3 Å². The van der Waals surface area contributed by atoms with Gasteiger partial charge in [-0.2, -0.15) is 7.14 Å². The summed E-state index contributed by atoms with van der Waals surface area (Å²) in [4.78, 5) is 0. The summed E-state index contributed by atoms with van der Waals surface area (Å²) < 4.78 is 5.57. The average Bonchev–Trinajstić information content (AvgIpc) is 3.10. The molecule has 0 amide bonds. The lowest BCUT2D eigenvalue weighted by molar-refractivity contribution is 0.418. The minimum atomic E-state index is -2.07. The van der Waals surface area contributed by atoms with Gasteiger partial charge in [0, 0.05) is 5.30 Å². The SMILES string of the molecule is [B-][P+](c1ccccc1)(c1ccccc1OC)C1C=CC=C1. The minimum absolute atomic E-state index is 0.219. The Labute approximate surface area is 128 Å². The Morgan fingerprint density at radius 1 is 0.905 bits per heavy atom. The molecule has 1 aliphatic carbocycles. The van der Waals surface area contributed by atoms with Crippen molar-refractivity contribution in [3.05, 3.63) is 78.9 Å². The van der Waals surface area contributed by atoms with Gasteiger partial charge in [0.25, 0.3) is 0 Å². The zero-order chi connectivity index (χ0) is 14.7. The molecule has 103 valence electrons. The maximum Gasteiger partial charge on any atom is 0.156 e. The number of methoxy groups -OCH3 is 1. The average molecular weight is 291 g/mol. The number of rotatable bonds is 4. The molecule has 1 atom stereocenters. The lowest BCUT2D eigenvalue weighted by atomic mass is 10.3. The first-order valence-corrected chi connectivity index (χ1v) is 8.91. The van der Waals surface area contributed by atoms with Crippen molar-refractivity contribution in [1.82, 2.24) is 0 Å². The van der Waals surface area contributed by atoms with Crippen molar-refractivity contribution in [2.24, 2.45) is 0 Å². The molecular weight excluding hydrogens is 274 g/mol.